The lowest BCUT2D eigenvalue weighted by Crippen LogP contribution is -1.76. The normalized spacial score (nSPS) is 9.67. The number of halogens is 2. The minimum atomic E-state index is -0.255. The summed E-state index contributed by atoms with van der Waals surface area (Å²) in [5.74, 6) is -0.255. The molecule has 0 bridgehead atoms. The molecule has 0 heterocycles. The van der Waals surface area contributed by atoms with Gasteiger partial charge in [-0.1, -0.05) is 15.9 Å². The highest BCUT2D eigenvalue weighted by Crippen LogP contribution is 2.13. The van der Waals surface area contributed by atoms with Crippen molar-refractivity contribution in [2.45, 2.75) is 0 Å². The third kappa shape index (κ3) is 1.79. The summed E-state index contributed by atoms with van der Waals surface area (Å²) in [6.07, 6.45) is 0. The van der Waals surface area contributed by atoms with Crippen molar-refractivity contribution in [3.05, 3.63) is 41.0 Å². The van der Waals surface area contributed by atoms with Crippen LogP contribution in [-0.4, -0.2) is 0 Å². The molecule has 1 aromatic carbocycles. The highest BCUT2D eigenvalue weighted by molar-refractivity contribution is 9.10. The molecule has 0 nitrogen and oxygen atoms in total. The van der Waals surface area contributed by atoms with Gasteiger partial charge in [-0.25, -0.2) is 4.39 Å². The Morgan fingerprint density at radius 2 is 2.00 bits per heavy atom. The fourth-order valence-corrected chi connectivity index (χ4v) is 1.12. The Bertz CT molecular complexity index is 170. The Morgan fingerprint density at radius 1 is 1.33 bits per heavy atom. The van der Waals surface area contributed by atoms with Crippen molar-refractivity contribution in [1.29, 1.82) is 0 Å². The summed E-state index contributed by atoms with van der Waals surface area (Å²) in [5.41, 5.74) is 0.682. The summed E-state index contributed by atoms with van der Waals surface area (Å²) in [5, 5.41) is 0. The standard InChI is InChI=1S/C7H5BrF/c1-5-2-6(8)4-7(9)3-5/h2-4H,1H2. The van der Waals surface area contributed by atoms with Gasteiger partial charge in [-0.05, 0) is 30.7 Å². The average molecular weight is 188 g/mol. The van der Waals surface area contributed by atoms with Gasteiger partial charge in [0, 0.05) is 4.47 Å². The second kappa shape index (κ2) is 2.48. The molecule has 0 unspecified atom stereocenters. The first-order valence-electron chi connectivity index (χ1n) is 2.46. The van der Waals surface area contributed by atoms with Crippen LogP contribution >= 0.6 is 15.9 Å². The van der Waals surface area contributed by atoms with Crippen LogP contribution in [0.3, 0.4) is 0 Å². The summed E-state index contributed by atoms with van der Waals surface area (Å²) in [7, 11) is 0. The Hall–Kier alpha value is -0.370. The average Bonchev–Trinajstić information content (AvgIpc) is 1.59. The van der Waals surface area contributed by atoms with E-state index < -0.39 is 0 Å². The van der Waals surface area contributed by atoms with Crippen molar-refractivity contribution in [1.82, 2.24) is 0 Å². The van der Waals surface area contributed by atoms with Crippen LogP contribution in [-0.2, 0) is 0 Å². The van der Waals surface area contributed by atoms with E-state index in [-0.39, 0.29) is 5.82 Å². The van der Waals surface area contributed by atoms with E-state index in [1.807, 2.05) is 0 Å². The van der Waals surface area contributed by atoms with E-state index in [4.69, 9.17) is 0 Å². The molecular weight excluding hydrogens is 183 g/mol. The molecular formula is C7H5BrF. The molecule has 0 saturated heterocycles. The van der Waals surface area contributed by atoms with Crippen LogP contribution in [0.5, 0.6) is 0 Å². The molecule has 0 saturated carbocycles. The van der Waals surface area contributed by atoms with Gasteiger partial charge < -0.3 is 0 Å². The van der Waals surface area contributed by atoms with E-state index in [2.05, 4.69) is 22.9 Å². The molecule has 1 radical (unpaired) electrons. The summed E-state index contributed by atoms with van der Waals surface area (Å²) in [4.78, 5) is 0. The zero-order valence-electron chi connectivity index (χ0n) is 4.70. The summed E-state index contributed by atoms with van der Waals surface area (Å²) < 4.78 is 13.1. The van der Waals surface area contributed by atoms with E-state index in [0.29, 0.717) is 5.56 Å². The third-order valence-corrected chi connectivity index (χ3v) is 1.38. The van der Waals surface area contributed by atoms with Crippen molar-refractivity contribution >= 4 is 15.9 Å². The Kier molecular flexibility index (Phi) is 1.86. The van der Waals surface area contributed by atoms with E-state index in [1.54, 1.807) is 6.07 Å². The molecule has 0 aliphatic rings. The van der Waals surface area contributed by atoms with E-state index in [0.717, 1.165) is 4.47 Å². The Morgan fingerprint density at radius 3 is 2.44 bits per heavy atom. The number of benzene rings is 1. The van der Waals surface area contributed by atoms with E-state index in [9.17, 15) is 4.39 Å². The minimum absolute atomic E-state index is 0.255. The molecule has 0 aliphatic heterocycles. The van der Waals surface area contributed by atoms with Gasteiger partial charge in [-0.2, -0.15) is 0 Å². The fraction of sp³-hybridized carbons (Fsp3) is 0. The van der Waals surface area contributed by atoms with Crippen LogP contribution in [0, 0.1) is 12.7 Å². The number of rotatable bonds is 0. The summed E-state index contributed by atoms with van der Waals surface area (Å²) >= 11 is 3.13. The number of hydrogen-bond acceptors (Lipinski definition) is 0. The van der Waals surface area contributed by atoms with Gasteiger partial charge in [0.25, 0.3) is 0 Å². The molecule has 0 N–H and O–H groups in total. The lowest BCUT2D eigenvalue weighted by molar-refractivity contribution is 0.626. The van der Waals surface area contributed by atoms with Crippen molar-refractivity contribution in [2.24, 2.45) is 0 Å². The first kappa shape index (κ1) is 6.75. The van der Waals surface area contributed by atoms with Gasteiger partial charge >= 0.3 is 0 Å². The van der Waals surface area contributed by atoms with Crippen LogP contribution in [0.15, 0.2) is 22.7 Å². The summed E-state index contributed by atoms with van der Waals surface area (Å²) in [6, 6.07) is 4.53. The molecule has 0 atom stereocenters. The van der Waals surface area contributed by atoms with Crippen LogP contribution in [0.2, 0.25) is 0 Å². The van der Waals surface area contributed by atoms with Crippen molar-refractivity contribution in [3.8, 4) is 0 Å². The van der Waals surface area contributed by atoms with Gasteiger partial charge in [-0.3, -0.25) is 0 Å². The largest absolute Gasteiger partial charge is 0.207 e. The van der Waals surface area contributed by atoms with Crippen LogP contribution in [0.25, 0.3) is 0 Å². The van der Waals surface area contributed by atoms with Gasteiger partial charge in [0.05, 0.1) is 0 Å². The van der Waals surface area contributed by atoms with Gasteiger partial charge in [0.15, 0.2) is 0 Å². The minimum Gasteiger partial charge on any atom is -0.207 e. The quantitative estimate of drug-likeness (QED) is 0.587. The summed E-state index contributed by atoms with van der Waals surface area (Å²) in [6.45, 7) is 3.57. The first-order valence-corrected chi connectivity index (χ1v) is 3.26. The SMILES string of the molecule is [CH2]c1cc(F)cc(Br)c1. The molecule has 0 amide bonds. The molecule has 9 heavy (non-hydrogen) atoms. The predicted octanol–water partition coefficient (Wildman–Crippen LogP) is 2.77. The van der Waals surface area contributed by atoms with Crippen molar-refractivity contribution < 1.29 is 4.39 Å². The maximum atomic E-state index is 12.4. The van der Waals surface area contributed by atoms with Crippen LogP contribution in [0.4, 0.5) is 4.39 Å². The van der Waals surface area contributed by atoms with Crippen LogP contribution in [0.1, 0.15) is 5.56 Å². The lowest BCUT2D eigenvalue weighted by Gasteiger charge is -1.92. The monoisotopic (exact) mass is 187 g/mol. The zero-order valence-corrected chi connectivity index (χ0v) is 6.28. The topological polar surface area (TPSA) is 0 Å². The smallest absolute Gasteiger partial charge is 0.124 e. The maximum absolute atomic E-state index is 12.4. The zero-order chi connectivity index (χ0) is 6.85. The maximum Gasteiger partial charge on any atom is 0.124 e. The highest BCUT2D eigenvalue weighted by Gasteiger charge is 1.92. The predicted molar refractivity (Wildman–Crippen MR) is 38.6 cm³/mol. The lowest BCUT2D eigenvalue weighted by atomic mass is 10.2. The molecule has 47 valence electrons. The Balaban J connectivity index is 3.17. The van der Waals surface area contributed by atoms with Gasteiger partial charge in [0.1, 0.15) is 5.82 Å². The molecule has 0 aromatic heterocycles. The molecule has 0 aliphatic carbocycles. The molecule has 1 aromatic rings. The third-order valence-electron chi connectivity index (χ3n) is 0.922. The second-order valence-corrected chi connectivity index (χ2v) is 2.69. The molecule has 0 spiro atoms. The molecule has 2 heteroatoms. The van der Waals surface area contributed by atoms with Gasteiger partial charge in [0.2, 0.25) is 0 Å². The van der Waals surface area contributed by atoms with Crippen molar-refractivity contribution in [2.75, 3.05) is 0 Å². The number of hydrogen-bond donors (Lipinski definition) is 0. The van der Waals surface area contributed by atoms with Crippen molar-refractivity contribution in [3.63, 3.8) is 0 Å². The van der Waals surface area contributed by atoms with E-state index in [1.165, 1.54) is 12.1 Å². The van der Waals surface area contributed by atoms with Crippen LogP contribution < -0.4 is 0 Å². The molecule has 1 rings (SSSR count). The molecule has 0 fully saturated rings. The highest BCUT2D eigenvalue weighted by atomic mass is 79.9. The van der Waals surface area contributed by atoms with Gasteiger partial charge in [-0.15, -0.1) is 0 Å². The van der Waals surface area contributed by atoms with E-state index >= 15 is 0 Å². The second-order valence-electron chi connectivity index (χ2n) is 1.78. The first-order chi connectivity index (χ1) is 4.18. The fourth-order valence-electron chi connectivity index (χ4n) is 0.611. The Labute approximate surface area is 61.8 Å².